The molecule has 2 aromatic rings. The Morgan fingerprint density at radius 2 is 2.04 bits per heavy atom. The van der Waals surface area contributed by atoms with Gasteiger partial charge in [-0.3, -0.25) is 19.8 Å². The first kappa shape index (κ1) is 20.6. The molecule has 0 saturated carbocycles. The van der Waals surface area contributed by atoms with Gasteiger partial charge in [0.05, 0.1) is 16.4 Å². The number of carbonyl (C=O) groups excluding carboxylic acids is 2. The molecule has 0 spiro atoms. The van der Waals surface area contributed by atoms with Crippen LogP contribution < -0.4 is 15.0 Å². The van der Waals surface area contributed by atoms with Crippen molar-refractivity contribution in [3.63, 3.8) is 0 Å². The molecule has 1 heterocycles. The van der Waals surface area contributed by atoms with Crippen LogP contribution in [-0.2, 0) is 9.59 Å². The lowest BCUT2D eigenvalue weighted by molar-refractivity contribution is -0.122. The minimum Gasteiger partial charge on any atom is -0.504 e. The smallest absolute Gasteiger partial charge is 0.270 e. The molecule has 0 radical (unpaired) electrons. The van der Waals surface area contributed by atoms with E-state index in [4.69, 9.17) is 28.6 Å². The van der Waals surface area contributed by atoms with Crippen LogP contribution in [0, 0.1) is 10.5 Å². The number of aromatic hydroxyl groups is 1. The van der Waals surface area contributed by atoms with Crippen molar-refractivity contribution in [3.8, 4) is 11.5 Å². The molecule has 1 aliphatic rings. The summed E-state index contributed by atoms with van der Waals surface area (Å²) in [6.07, 6.45) is 1.43. The van der Waals surface area contributed by atoms with E-state index in [1.807, 2.05) is 22.6 Å². The Hall–Kier alpha value is -2.17. The lowest BCUT2D eigenvalue weighted by Gasteiger charge is -2.30. The quantitative estimate of drug-likeness (QED) is 0.274. The number of amides is 2. The molecule has 2 aromatic carbocycles. The van der Waals surface area contributed by atoms with Gasteiger partial charge in [0, 0.05) is 5.02 Å². The number of thiocarbonyl (C=S) groups is 1. The Morgan fingerprint density at radius 3 is 2.71 bits per heavy atom. The van der Waals surface area contributed by atoms with Crippen molar-refractivity contribution in [1.29, 1.82) is 0 Å². The number of ether oxygens (including phenoxy) is 1. The maximum atomic E-state index is 13.1. The number of phenolic OH excluding ortho intramolecular Hbond substituents is 1. The topological polar surface area (TPSA) is 78.9 Å². The number of benzene rings is 2. The number of phenols is 1. The normalized spacial score (nSPS) is 15.8. The summed E-state index contributed by atoms with van der Waals surface area (Å²) in [7, 11) is 1.42. The first-order valence-electron chi connectivity index (χ1n) is 7.97. The van der Waals surface area contributed by atoms with Gasteiger partial charge < -0.3 is 9.84 Å². The lowest BCUT2D eigenvalue weighted by Crippen LogP contribution is -2.54. The van der Waals surface area contributed by atoms with Crippen molar-refractivity contribution in [3.05, 3.63) is 55.6 Å². The van der Waals surface area contributed by atoms with Crippen LogP contribution in [0.25, 0.3) is 6.08 Å². The number of nitrogens with one attached hydrogen (secondary N) is 1. The van der Waals surface area contributed by atoms with Crippen molar-refractivity contribution >= 4 is 75.1 Å². The molecule has 28 heavy (non-hydrogen) atoms. The van der Waals surface area contributed by atoms with Crippen LogP contribution in [0.1, 0.15) is 11.1 Å². The number of methoxy groups -OCH3 is 1. The Labute approximate surface area is 185 Å². The maximum absolute atomic E-state index is 13.1. The van der Waals surface area contributed by atoms with Gasteiger partial charge in [0.1, 0.15) is 5.57 Å². The highest BCUT2D eigenvalue weighted by Crippen LogP contribution is 2.34. The Kier molecular flexibility index (Phi) is 5.92. The number of nitrogens with zero attached hydrogens (tertiary/aromatic N) is 1. The first-order valence-corrected chi connectivity index (χ1v) is 9.84. The largest absolute Gasteiger partial charge is 0.504 e. The number of carbonyl (C=O) groups is 2. The van der Waals surface area contributed by atoms with Gasteiger partial charge in [0.25, 0.3) is 11.8 Å². The third kappa shape index (κ3) is 3.71. The molecule has 1 aliphatic heterocycles. The summed E-state index contributed by atoms with van der Waals surface area (Å²) in [6.45, 7) is 1.76. The molecule has 1 saturated heterocycles. The highest BCUT2D eigenvalue weighted by molar-refractivity contribution is 14.1. The van der Waals surface area contributed by atoms with E-state index >= 15 is 0 Å². The fourth-order valence-electron chi connectivity index (χ4n) is 2.71. The van der Waals surface area contributed by atoms with Crippen LogP contribution in [0.5, 0.6) is 11.5 Å². The fraction of sp³-hybridized carbons (Fsp3) is 0.105. The number of halogens is 2. The van der Waals surface area contributed by atoms with Crippen LogP contribution in [0.2, 0.25) is 5.02 Å². The van der Waals surface area contributed by atoms with E-state index in [0.717, 1.165) is 0 Å². The zero-order chi connectivity index (χ0) is 20.6. The van der Waals surface area contributed by atoms with Crippen LogP contribution in [0.15, 0.2) is 35.9 Å². The predicted octanol–water partition coefficient (Wildman–Crippen LogP) is 3.80. The summed E-state index contributed by atoms with van der Waals surface area (Å²) in [5.41, 5.74) is 1.58. The van der Waals surface area contributed by atoms with Crippen LogP contribution >= 0.6 is 46.4 Å². The highest BCUT2D eigenvalue weighted by Gasteiger charge is 2.35. The van der Waals surface area contributed by atoms with Gasteiger partial charge in [0.2, 0.25) is 0 Å². The second-order valence-electron chi connectivity index (χ2n) is 5.90. The summed E-state index contributed by atoms with van der Waals surface area (Å²) >= 11 is 13.3. The van der Waals surface area contributed by atoms with Crippen LogP contribution in [-0.4, -0.2) is 29.1 Å². The van der Waals surface area contributed by atoms with E-state index in [0.29, 0.717) is 25.4 Å². The van der Waals surface area contributed by atoms with Crippen molar-refractivity contribution in [2.45, 2.75) is 6.92 Å². The molecule has 3 rings (SSSR count). The Balaban J connectivity index is 2.09. The molecule has 2 amide bonds. The SMILES string of the molecule is COc1cc(/C=C2\C(=O)NC(=S)N(c3cccc(Cl)c3C)C2=O)cc(I)c1O. The monoisotopic (exact) mass is 528 g/mol. The van der Waals surface area contributed by atoms with Gasteiger partial charge in [-0.05, 0) is 83.2 Å². The first-order chi connectivity index (χ1) is 13.2. The Morgan fingerprint density at radius 1 is 1.32 bits per heavy atom. The average molecular weight is 529 g/mol. The van der Waals surface area contributed by atoms with E-state index in [1.54, 1.807) is 31.2 Å². The molecule has 0 aliphatic carbocycles. The van der Waals surface area contributed by atoms with Crippen molar-refractivity contribution in [1.82, 2.24) is 5.32 Å². The summed E-state index contributed by atoms with van der Waals surface area (Å²) in [4.78, 5) is 26.8. The van der Waals surface area contributed by atoms with E-state index in [9.17, 15) is 14.7 Å². The van der Waals surface area contributed by atoms with Gasteiger partial charge in [0.15, 0.2) is 16.6 Å². The number of rotatable bonds is 3. The molecule has 9 heteroatoms. The molecule has 2 N–H and O–H groups in total. The van der Waals surface area contributed by atoms with Crippen molar-refractivity contribution in [2.75, 3.05) is 12.0 Å². The molecule has 6 nitrogen and oxygen atoms in total. The van der Waals surface area contributed by atoms with Crippen LogP contribution in [0.4, 0.5) is 5.69 Å². The van der Waals surface area contributed by atoms with E-state index in [1.165, 1.54) is 24.2 Å². The van der Waals surface area contributed by atoms with Crippen molar-refractivity contribution in [2.24, 2.45) is 0 Å². The summed E-state index contributed by atoms with van der Waals surface area (Å²) in [5, 5.41) is 13.0. The average Bonchev–Trinajstić information content (AvgIpc) is 2.64. The molecule has 0 bridgehead atoms. The van der Waals surface area contributed by atoms with Gasteiger partial charge >= 0.3 is 0 Å². The van der Waals surface area contributed by atoms with E-state index in [2.05, 4.69) is 5.32 Å². The Bertz CT molecular complexity index is 1050. The lowest BCUT2D eigenvalue weighted by atomic mass is 10.1. The van der Waals surface area contributed by atoms with E-state index in [-0.39, 0.29) is 22.2 Å². The van der Waals surface area contributed by atoms with Gasteiger partial charge in [-0.1, -0.05) is 17.7 Å². The number of anilines is 1. The second kappa shape index (κ2) is 8.06. The molecule has 0 unspecified atom stereocenters. The van der Waals surface area contributed by atoms with Crippen molar-refractivity contribution < 1.29 is 19.4 Å². The van der Waals surface area contributed by atoms with Gasteiger partial charge in [-0.15, -0.1) is 0 Å². The minimum atomic E-state index is -0.604. The molecule has 0 aromatic heterocycles. The highest BCUT2D eigenvalue weighted by atomic mass is 127. The standard InChI is InChI=1S/C19H14ClIN2O4S/c1-9-12(20)4-3-5-14(9)23-18(26)11(17(25)22-19(23)28)6-10-7-13(21)16(24)15(8-10)27-2/h3-8,24H,1-2H3,(H,22,25,28)/b11-6+. The number of hydrogen-bond donors (Lipinski definition) is 2. The van der Waals surface area contributed by atoms with Gasteiger partial charge in [-0.2, -0.15) is 0 Å². The zero-order valence-corrected chi connectivity index (χ0v) is 18.5. The maximum Gasteiger partial charge on any atom is 0.270 e. The molecular weight excluding hydrogens is 515 g/mol. The third-order valence-corrected chi connectivity index (χ3v) is 5.68. The zero-order valence-electron chi connectivity index (χ0n) is 14.7. The number of hydrogen-bond acceptors (Lipinski definition) is 5. The predicted molar refractivity (Wildman–Crippen MR) is 120 cm³/mol. The summed E-state index contributed by atoms with van der Waals surface area (Å²) in [5.74, 6) is -0.948. The fourth-order valence-corrected chi connectivity index (χ4v) is 3.78. The molecular formula is C19H14ClIN2O4S. The molecule has 144 valence electrons. The van der Waals surface area contributed by atoms with Gasteiger partial charge in [-0.25, -0.2) is 0 Å². The van der Waals surface area contributed by atoms with Crippen LogP contribution in [0.3, 0.4) is 0 Å². The molecule has 0 atom stereocenters. The summed E-state index contributed by atoms with van der Waals surface area (Å²) < 4.78 is 5.65. The molecule has 1 fully saturated rings. The van der Waals surface area contributed by atoms with E-state index < -0.39 is 11.8 Å². The second-order valence-corrected chi connectivity index (χ2v) is 7.85. The minimum absolute atomic E-state index is 0.0120. The third-order valence-electron chi connectivity index (χ3n) is 4.16. The summed E-state index contributed by atoms with van der Waals surface area (Å²) in [6, 6.07) is 8.28.